The number of anilines is 2. The van der Waals surface area contributed by atoms with Gasteiger partial charge >= 0.3 is 0 Å². The molecule has 0 bridgehead atoms. The van der Waals surface area contributed by atoms with Gasteiger partial charge in [-0.05, 0) is 49.6 Å². The summed E-state index contributed by atoms with van der Waals surface area (Å²) in [6, 6.07) is 15.3. The number of carbonyl (C=O) groups excluding carboxylic acids is 2. The van der Waals surface area contributed by atoms with Crippen LogP contribution in [0.3, 0.4) is 0 Å². The Labute approximate surface area is 146 Å². The fraction of sp³-hybridized carbons (Fsp3) is 0.263. The minimum absolute atomic E-state index is 0.0401. The van der Waals surface area contributed by atoms with Crippen LogP contribution in [0, 0.1) is 12.8 Å². The molecule has 124 valence electrons. The fourth-order valence-corrected chi connectivity index (χ4v) is 3.06. The van der Waals surface area contributed by atoms with Crippen LogP contribution in [0.2, 0.25) is 0 Å². The number of amides is 2. The van der Waals surface area contributed by atoms with Crippen molar-refractivity contribution in [3.05, 3.63) is 54.1 Å². The van der Waals surface area contributed by atoms with Gasteiger partial charge in [0.15, 0.2) is 0 Å². The normalized spacial score (nSPS) is 13.4. The van der Waals surface area contributed by atoms with Crippen LogP contribution in [0.1, 0.15) is 18.4 Å². The maximum atomic E-state index is 12.1. The molecule has 4 nitrogen and oxygen atoms in total. The van der Waals surface area contributed by atoms with Gasteiger partial charge in [-0.25, -0.2) is 0 Å². The van der Waals surface area contributed by atoms with E-state index in [-0.39, 0.29) is 17.7 Å². The summed E-state index contributed by atoms with van der Waals surface area (Å²) in [5.41, 5.74) is 2.67. The molecular formula is C19H20N2O2S. The van der Waals surface area contributed by atoms with E-state index in [1.54, 1.807) is 0 Å². The molecule has 3 rings (SSSR count). The fourth-order valence-electron chi connectivity index (χ4n) is 2.30. The number of hydrogen-bond donors (Lipinski definition) is 2. The summed E-state index contributed by atoms with van der Waals surface area (Å²) in [7, 11) is 0. The van der Waals surface area contributed by atoms with Crippen molar-refractivity contribution < 1.29 is 9.59 Å². The van der Waals surface area contributed by atoms with E-state index in [1.807, 2.05) is 55.5 Å². The van der Waals surface area contributed by atoms with E-state index in [1.165, 1.54) is 11.8 Å². The molecule has 0 unspecified atom stereocenters. The Hall–Kier alpha value is -2.27. The molecule has 1 aliphatic carbocycles. The molecule has 1 aliphatic rings. The summed E-state index contributed by atoms with van der Waals surface area (Å²) in [5.74, 6) is 0.561. The SMILES string of the molecule is Cc1ccccc1NC(=O)CSc1cccc(NC(=O)C2CC2)c1. The predicted octanol–water partition coefficient (Wildman–Crippen LogP) is 4.07. The average molecular weight is 340 g/mol. The molecule has 0 radical (unpaired) electrons. The Kier molecular flexibility index (Phi) is 5.20. The molecule has 24 heavy (non-hydrogen) atoms. The zero-order valence-corrected chi connectivity index (χ0v) is 14.4. The zero-order chi connectivity index (χ0) is 16.9. The number of benzene rings is 2. The molecule has 1 fully saturated rings. The second kappa shape index (κ2) is 7.53. The van der Waals surface area contributed by atoms with Crippen LogP contribution in [0.15, 0.2) is 53.4 Å². The van der Waals surface area contributed by atoms with Crippen LogP contribution in [-0.2, 0) is 9.59 Å². The van der Waals surface area contributed by atoms with Gasteiger partial charge in [-0.1, -0.05) is 24.3 Å². The Morgan fingerprint density at radius 1 is 1.08 bits per heavy atom. The molecule has 2 amide bonds. The van der Waals surface area contributed by atoms with Gasteiger partial charge in [-0.15, -0.1) is 11.8 Å². The summed E-state index contributed by atoms with van der Waals surface area (Å²) in [4.78, 5) is 24.9. The Morgan fingerprint density at radius 2 is 1.88 bits per heavy atom. The minimum Gasteiger partial charge on any atom is -0.326 e. The van der Waals surface area contributed by atoms with Gasteiger partial charge in [-0.2, -0.15) is 0 Å². The lowest BCUT2D eigenvalue weighted by atomic mass is 10.2. The van der Waals surface area contributed by atoms with Gasteiger partial charge in [-0.3, -0.25) is 9.59 Å². The molecular weight excluding hydrogens is 320 g/mol. The van der Waals surface area contributed by atoms with Crippen LogP contribution >= 0.6 is 11.8 Å². The monoisotopic (exact) mass is 340 g/mol. The lowest BCUT2D eigenvalue weighted by molar-refractivity contribution is -0.117. The van der Waals surface area contributed by atoms with E-state index in [9.17, 15) is 9.59 Å². The number of nitrogens with one attached hydrogen (secondary N) is 2. The smallest absolute Gasteiger partial charge is 0.234 e. The quantitative estimate of drug-likeness (QED) is 0.779. The summed E-state index contributed by atoms with van der Waals surface area (Å²) in [6.07, 6.45) is 1.97. The van der Waals surface area contributed by atoms with Crippen LogP contribution in [0.25, 0.3) is 0 Å². The molecule has 0 saturated heterocycles. The maximum Gasteiger partial charge on any atom is 0.234 e. The number of para-hydroxylation sites is 1. The van der Waals surface area contributed by atoms with E-state index in [2.05, 4.69) is 10.6 Å². The molecule has 0 aliphatic heterocycles. The topological polar surface area (TPSA) is 58.2 Å². The summed E-state index contributed by atoms with van der Waals surface area (Å²) in [6.45, 7) is 1.97. The van der Waals surface area contributed by atoms with Gasteiger partial charge < -0.3 is 10.6 Å². The Balaban J connectivity index is 1.53. The Bertz CT molecular complexity index is 757. The van der Waals surface area contributed by atoms with Crippen molar-refractivity contribution in [3.63, 3.8) is 0 Å². The standard InChI is InChI=1S/C19H20N2O2S/c1-13-5-2-3-8-17(13)21-18(22)12-24-16-7-4-6-15(11-16)20-19(23)14-9-10-14/h2-8,11,14H,9-10,12H2,1H3,(H,20,23)(H,21,22). The van der Waals surface area contributed by atoms with Gasteiger partial charge in [0.2, 0.25) is 11.8 Å². The molecule has 2 aromatic carbocycles. The van der Waals surface area contributed by atoms with E-state index < -0.39 is 0 Å². The first-order valence-electron chi connectivity index (χ1n) is 8.01. The van der Waals surface area contributed by atoms with E-state index in [4.69, 9.17) is 0 Å². The number of rotatable bonds is 6. The molecule has 1 saturated carbocycles. The van der Waals surface area contributed by atoms with Crippen molar-refractivity contribution in [1.29, 1.82) is 0 Å². The molecule has 5 heteroatoms. The number of carbonyl (C=O) groups is 2. The first-order valence-corrected chi connectivity index (χ1v) is 8.99. The largest absolute Gasteiger partial charge is 0.326 e. The van der Waals surface area contributed by atoms with Gasteiger partial charge in [0.05, 0.1) is 5.75 Å². The summed E-state index contributed by atoms with van der Waals surface area (Å²) in [5, 5.41) is 5.85. The van der Waals surface area contributed by atoms with Crippen molar-refractivity contribution in [2.45, 2.75) is 24.7 Å². The van der Waals surface area contributed by atoms with Gasteiger partial charge in [0, 0.05) is 22.2 Å². The zero-order valence-electron chi connectivity index (χ0n) is 13.5. The molecule has 2 aromatic rings. The summed E-state index contributed by atoms with van der Waals surface area (Å²) < 4.78 is 0. The molecule has 0 heterocycles. The lowest BCUT2D eigenvalue weighted by Crippen LogP contribution is -2.15. The van der Waals surface area contributed by atoms with Crippen LogP contribution < -0.4 is 10.6 Å². The number of hydrogen-bond acceptors (Lipinski definition) is 3. The molecule has 0 aromatic heterocycles. The van der Waals surface area contributed by atoms with Crippen molar-refractivity contribution >= 4 is 35.0 Å². The summed E-state index contributed by atoms with van der Waals surface area (Å²) >= 11 is 1.46. The van der Waals surface area contributed by atoms with E-state index in [0.717, 1.165) is 34.7 Å². The highest BCUT2D eigenvalue weighted by Gasteiger charge is 2.29. The minimum atomic E-state index is -0.0401. The molecule has 2 N–H and O–H groups in total. The second-order valence-corrected chi connectivity index (χ2v) is 6.99. The average Bonchev–Trinajstić information content (AvgIpc) is 3.40. The highest BCUT2D eigenvalue weighted by molar-refractivity contribution is 8.00. The van der Waals surface area contributed by atoms with Crippen molar-refractivity contribution in [2.24, 2.45) is 5.92 Å². The molecule has 0 spiro atoms. The van der Waals surface area contributed by atoms with E-state index >= 15 is 0 Å². The van der Waals surface area contributed by atoms with Crippen molar-refractivity contribution in [2.75, 3.05) is 16.4 Å². The van der Waals surface area contributed by atoms with Gasteiger partial charge in [0.1, 0.15) is 0 Å². The highest BCUT2D eigenvalue weighted by Crippen LogP contribution is 2.30. The lowest BCUT2D eigenvalue weighted by Gasteiger charge is -2.09. The highest BCUT2D eigenvalue weighted by atomic mass is 32.2. The van der Waals surface area contributed by atoms with Crippen LogP contribution in [0.5, 0.6) is 0 Å². The first kappa shape index (κ1) is 16.6. The van der Waals surface area contributed by atoms with Crippen molar-refractivity contribution in [1.82, 2.24) is 0 Å². The molecule has 0 atom stereocenters. The third-order valence-electron chi connectivity index (χ3n) is 3.84. The van der Waals surface area contributed by atoms with Gasteiger partial charge in [0.25, 0.3) is 0 Å². The predicted molar refractivity (Wildman–Crippen MR) is 98.3 cm³/mol. The second-order valence-electron chi connectivity index (χ2n) is 5.94. The van der Waals surface area contributed by atoms with E-state index in [0.29, 0.717) is 5.75 Å². The number of aryl methyl sites for hydroxylation is 1. The van der Waals surface area contributed by atoms with Crippen LogP contribution in [-0.4, -0.2) is 17.6 Å². The third-order valence-corrected chi connectivity index (χ3v) is 4.83. The first-order chi connectivity index (χ1) is 11.6. The van der Waals surface area contributed by atoms with Crippen LogP contribution in [0.4, 0.5) is 11.4 Å². The van der Waals surface area contributed by atoms with Crippen molar-refractivity contribution in [3.8, 4) is 0 Å². The Morgan fingerprint density at radius 3 is 2.62 bits per heavy atom. The maximum absolute atomic E-state index is 12.1. The number of thioether (sulfide) groups is 1. The third kappa shape index (κ3) is 4.61.